The van der Waals surface area contributed by atoms with Gasteiger partial charge in [0.2, 0.25) is 5.91 Å². The lowest BCUT2D eigenvalue weighted by Gasteiger charge is -2.16. The highest BCUT2D eigenvalue weighted by Gasteiger charge is 2.19. The molecule has 222 valence electrons. The van der Waals surface area contributed by atoms with Gasteiger partial charge in [-0.1, -0.05) is 50.6 Å². The Morgan fingerprint density at radius 3 is 2.37 bits per heavy atom. The molecule has 1 heterocycles. The number of benzene rings is 3. The molecule has 3 N–H and O–H groups in total. The van der Waals surface area contributed by atoms with Crippen LogP contribution in [0.3, 0.4) is 0 Å². The summed E-state index contributed by atoms with van der Waals surface area (Å²) in [4.78, 5) is 40.9. The zero-order chi connectivity index (χ0) is 30.4. The molecular formula is C34H35N3O4S2. The maximum Gasteiger partial charge on any atom is 0.272 e. The van der Waals surface area contributed by atoms with Crippen LogP contribution in [-0.2, 0) is 9.59 Å². The maximum atomic E-state index is 13.3. The van der Waals surface area contributed by atoms with Crippen molar-refractivity contribution in [3.8, 4) is 5.75 Å². The summed E-state index contributed by atoms with van der Waals surface area (Å²) in [6.07, 6.45) is 4.34. The van der Waals surface area contributed by atoms with Crippen LogP contribution >= 0.6 is 23.1 Å². The minimum atomic E-state index is -0.452. The van der Waals surface area contributed by atoms with Crippen molar-refractivity contribution in [3.05, 3.63) is 113 Å². The average molecular weight is 614 g/mol. The summed E-state index contributed by atoms with van der Waals surface area (Å²) in [5, 5.41) is 10.2. The minimum Gasteiger partial charge on any atom is -0.494 e. The van der Waals surface area contributed by atoms with Crippen LogP contribution < -0.4 is 20.7 Å². The molecule has 0 radical (unpaired) electrons. The van der Waals surface area contributed by atoms with Gasteiger partial charge in [-0.2, -0.15) is 0 Å². The van der Waals surface area contributed by atoms with E-state index in [1.54, 1.807) is 36.4 Å². The normalized spacial score (nSPS) is 11.8. The van der Waals surface area contributed by atoms with E-state index in [-0.39, 0.29) is 22.8 Å². The van der Waals surface area contributed by atoms with Crippen molar-refractivity contribution in [2.24, 2.45) is 0 Å². The monoisotopic (exact) mass is 613 g/mol. The van der Waals surface area contributed by atoms with Crippen molar-refractivity contribution in [3.63, 3.8) is 0 Å². The molecule has 0 spiro atoms. The van der Waals surface area contributed by atoms with Gasteiger partial charge in [0, 0.05) is 26.7 Å². The Morgan fingerprint density at radius 2 is 1.67 bits per heavy atom. The zero-order valence-electron chi connectivity index (χ0n) is 24.2. The second kappa shape index (κ2) is 16.3. The highest BCUT2D eigenvalue weighted by molar-refractivity contribution is 8.00. The van der Waals surface area contributed by atoms with E-state index in [9.17, 15) is 14.4 Å². The van der Waals surface area contributed by atoms with E-state index in [0.29, 0.717) is 30.0 Å². The molecule has 0 aliphatic rings. The molecule has 9 heteroatoms. The van der Waals surface area contributed by atoms with E-state index in [1.807, 2.05) is 73.0 Å². The van der Waals surface area contributed by atoms with Crippen LogP contribution in [-0.4, -0.2) is 29.6 Å². The highest BCUT2D eigenvalue weighted by atomic mass is 32.2. The van der Waals surface area contributed by atoms with E-state index in [0.717, 1.165) is 28.4 Å². The van der Waals surface area contributed by atoms with E-state index in [2.05, 4.69) is 22.9 Å². The van der Waals surface area contributed by atoms with Gasteiger partial charge in [0.15, 0.2) is 0 Å². The van der Waals surface area contributed by atoms with Gasteiger partial charge in [-0.05, 0) is 85.0 Å². The third kappa shape index (κ3) is 9.87. The molecule has 1 atom stereocenters. The second-order valence-corrected chi connectivity index (χ2v) is 11.9. The molecule has 4 aromatic rings. The molecule has 0 saturated carbocycles. The molecule has 43 heavy (non-hydrogen) atoms. The molecule has 0 aliphatic heterocycles. The summed E-state index contributed by atoms with van der Waals surface area (Å²) in [6.45, 7) is 4.75. The van der Waals surface area contributed by atoms with Crippen molar-refractivity contribution in [1.29, 1.82) is 0 Å². The first-order valence-corrected chi connectivity index (χ1v) is 15.9. The minimum absolute atomic E-state index is 0.105. The van der Waals surface area contributed by atoms with Gasteiger partial charge in [-0.15, -0.1) is 23.1 Å². The molecule has 1 aromatic heterocycles. The molecule has 0 aliphatic carbocycles. The van der Waals surface area contributed by atoms with Gasteiger partial charge in [0.25, 0.3) is 11.8 Å². The average Bonchev–Trinajstić information content (AvgIpc) is 3.54. The van der Waals surface area contributed by atoms with Gasteiger partial charge in [0.1, 0.15) is 11.4 Å². The topological polar surface area (TPSA) is 96.5 Å². The van der Waals surface area contributed by atoms with Gasteiger partial charge in [-0.3, -0.25) is 14.4 Å². The molecule has 0 saturated heterocycles. The lowest BCUT2D eigenvalue weighted by Crippen LogP contribution is -2.30. The molecule has 0 fully saturated rings. The smallest absolute Gasteiger partial charge is 0.272 e. The number of rotatable bonds is 14. The Kier molecular flexibility index (Phi) is 12.0. The van der Waals surface area contributed by atoms with Gasteiger partial charge in [-0.25, -0.2) is 0 Å². The standard InChI is InChI=1S/C34H35N3O4S2/c1-3-5-20-41-27-18-16-25(17-19-27)35-34(40)31(4-2)43-29-14-9-13-26(22-29)36-33(39)30(23-28-15-10-21-42-28)37-32(38)24-11-7-6-8-12-24/h6-19,21-23,31H,3-5,20H2,1-2H3,(H,35,40)(H,36,39)(H,37,38)/b30-23-. The SMILES string of the molecule is CCCCOc1ccc(NC(=O)C(CC)Sc2cccc(NC(=O)/C(=C/c3cccs3)NC(=O)c3ccccc3)c2)cc1. The zero-order valence-corrected chi connectivity index (χ0v) is 25.8. The fourth-order valence-electron chi connectivity index (χ4n) is 3.98. The number of nitrogens with one attached hydrogen (secondary N) is 3. The van der Waals surface area contributed by atoms with Gasteiger partial charge in [0.05, 0.1) is 11.9 Å². The number of unbranched alkanes of at least 4 members (excludes halogenated alkanes) is 1. The van der Waals surface area contributed by atoms with E-state index >= 15 is 0 Å². The number of amides is 3. The van der Waals surface area contributed by atoms with Crippen LogP contribution in [0.1, 0.15) is 48.3 Å². The van der Waals surface area contributed by atoms with Crippen LogP contribution in [0.5, 0.6) is 5.75 Å². The Balaban J connectivity index is 1.40. The number of ether oxygens (including phenoxy) is 1. The third-order valence-corrected chi connectivity index (χ3v) is 8.46. The Bertz CT molecular complexity index is 1520. The highest BCUT2D eigenvalue weighted by Crippen LogP contribution is 2.29. The first kappa shape index (κ1) is 31.6. The van der Waals surface area contributed by atoms with E-state index in [1.165, 1.54) is 23.1 Å². The number of carbonyl (C=O) groups is 3. The molecule has 1 unspecified atom stereocenters. The van der Waals surface area contributed by atoms with Gasteiger partial charge < -0.3 is 20.7 Å². The summed E-state index contributed by atoms with van der Waals surface area (Å²) in [5.74, 6) is -0.156. The maximum absolute atomic E-state index is 13.3. The van der Waals surface area contributed by atoms with Crippen molar-refractivity contribution >= 4 is 58.3 Å². The van der Waals surface area contributed by atoms with Crippen LogP contribution in [0.2, 0.25) is 0 Å². The molecule has 3 amide bonds. The van der Waals surface area contributed by atoms with Crippen LogP contribution in [0.15, 0.2) is 107 Å². The molecule has 7 nitrogen and oxygen atoms in total. The predicted molar refractivity (Wildman–Crippen MR) is 177 cm³/mol. The van der Waals surface area contributed by atoms with Crippen molar-refractivity contribution < 1.29 is 19.1 Å². The van der Waals surface area contributed by atoms with Crippen molar-refractivity contribution in [2.45, 2.75) is 43.3 Å². The first-order valence-electron chi connectivity index (χ1n) is 14.2. The Hall–Kier alpha value is -4.34. The number of thiophene rings is 1. The summed E-state index contributed by atoms with van der Waals surface area (Å²) >= 11 is 2.89. The molecular weight excluding hydrogens is 579 g/mol. The van der Waals surface area contributed by atoms with Crippen molar-refractivity contribution in [1.82, 2.24) is 5.32 Å². The number of carbonyl (C=O) groups excluding carboxylic acids is 3. The second-order valence-electron chi connectivity index (χ2n) is 9.61. The third-order valence-electron chi connectivity index (χ3n) is 6.28. The van der Waals surface area contributed by atoms with Crippen LogP contribution in [0.4, 0.5) is 11.4 Å². The van der Waals surface area contributed by atoms with E-state index in [4.69, 9.17) is 4.74 Å². The quantitative estimate of drug-likeness (QED) is 0.0765. The number of hydrogen-bond acceptors (Lipinski definition) is 6. The summed E-state index contributed by atoms with van der Waals surface area (Å²) < 4.78 is 5.70. The predicted octanol–water partition coefficient (Wildman–Crippen LogP) is 7.85. The summed E-state index contributed by atoms with van der Waals surface area (Å²) in [6, 6.07) is 27.2. The van der Waals surface area contributed by atoms with Crippen LogP contribution in [0.25, 0.3) is 6.08 Å². The Labute approximate surface area is 260 Å². The van der Waals surface area contributed by atoms with E-state index < -0.39 is 5.91 Å². The summed E-state index contributed by atoms with van der Waals surface area (Å²) in [7, 11) is 0. The fraction of sp³-hybridized carbons (Fsp3) is 0.206. The largest absolute Gasteiger partial charge is 0.494 e. The summed E-state index contributed by atoms with van der Waals surface area (Å²) in [5.41, 5.74) is 1.83. The first-order chi connectivity index (χ1) is 20.9. The molecule has 0 bridgehead atoms. The molecule has 3 aromatic carbocycles. The number of thioether (sulfide) groups is 1. The number of anilines is 2. The van der Waals surface area contributed by atoms with Gasteiger partial charge >= 0.3 is 0 Å². The van der Waals surface area contributed by atoms with Crippen LogP contribution in [0, 0.1) is 0 Å². The number of hydrogen-bond donors (Lipinski definition) is 3. The fourth-order valence-corrected chi connectivity index (χ4v) is 5.65. The Morgan fingerprint density at radius 1 is 0.884 bits per heavy atom. The lowest BCUT2D eigenvalue weighted by atomic mass is 10.2. The molecule has 4 rings (SSSR count). The van der Waals surface area contributed by atoms with Crippen molar-refractivity contribution in [2.75, 3.05) is 17.2 Å². The lowest BCUT2D eigenvalue weighted by molar-refractivity contribution is -0.116.